The van der Waals surface area contributed by atoms with Crippen LogP contribution in [0.15, 0.2) is 9.52 Å². The van der Waals surface area contributed by atoms with Crippen LogP contribution in [0.2, 0.25) is 0 Å². The van der Waals surface area contributed by atoms with E-state index < -0.39 is 0 Å². The molecule has 2 aliphatic carbocycles. The standard InChI is InChI=1S/C20H34N4O2/c1-5-25-18-13-17(20(18)10-7-6-8-11-20)23-19(21-4)22-12-9-16-14(2)24-26-15(16)3/h17-18H,5-13H2,1-4H3,(H2,21,22,23). The van der Waals surface area contributed by atoms with Crippen molar-refractivity contribution in [2.24, 2.45) is 10.4 Å². The predicted octanol–water partition coefficient (Wildman–Crippen LogP) is 3.13. The first-order valence-corrected chi connectivity index (χ1v) is 10.1. The van der Waals surface area contributed by atoms with Gasteiger partial charge in [0.2, 0.25) is 0 Å². The number of aliphatic imine (C=N–C) groups is 1. The number of rotatable bonds is 6. The summed E-state index contributed by atoms with van der Waals surface area (Å²) >= 11 is 0. The van der Waals surface area contributed by atoms with Crippen LogP contribution in [-0.2, 0) is 11.2 Å². The molecule has 2 atom stereocenters. The Morgan fingerprint density at radius 2 is 2.08 bits per heavy atom. The van der Waals surface area contributed by atoms with Crippen molar-refractivity contribution in [2.45, 2.75) is 77.9 Å². The summed E-state index contributed by atoms with van der Waals surface area (Å²) in [6.45, 7) is 7.69. The lowest BCUT2D eigenvalue weighted by Crippen LogP contribution is -2.66. The average Bonchev–Trinajstić information content (AvgIpc) is 2.98. The van der Waals surface area contributed by atoms with Crippen LogP contribution in [0, 0.1) is 19.3 Å². The number of aryl methyl sites for hydroxylation is 2. The Bertz CT molecular complexity index is 600. The van der Waals surface area contributed by atoms with E-state index in [4.69, 9.17) is 9.26 Å². The molecule has 1 spiro atoms. The Morgan fingerprint density at radius 1 is 1.31 bits per heavy atom. The molecule has 6 nitrogen and oxygen atoms in total. The van der Waals surface area contributed by atoms with E-state index in [1.807, 2.05) is 20.9 Å². The van der Waals surface area contributed by atoms with E-state index in [9.17, 15) is 0 Å². The number of hydrogen-bond donors (Lipinski definition) is 2. The van der Waals surface area contributed by atoms with Crippen LogP contribution in [0.1, 0.15) is 62.5 Å². The quantitative estimate of drug-likeness (QED) is 0.601. The Hall–Kier alpha value is -1.56. The van der Waals surface area contributed by atoms with Gasteiger partial charge in [0, 0.05) is 37.2 Å². The molecule has 146 valence electrons. The minimum Gasteiger partial charge on any atom is -0.378 e. The number of hydrogen-bond acceptors (Lipinski definition) is 4. The van der Waals surface area contributed by atoms with Gasteiger partial charge in [0.05, 0.1) is 11.8 Å². The first kappa shape index (κ1) is 19.2. The van der Waals surface area contributed by atoms with Crippen LogP contribution in [-0.4, -0.2) is 43.5 Å². The molecule has 2 fully saturated rings. The monoisotopic (exact) mass is 362 g/mol. The van der Waals surface area contributed by atoms with Gasteiger partial charge in [-0.15, -0.1) is 0 Å². The van der Waals surface area contributed by atoms with E-state index >= 15 is 0 Å². The SMILES string of the molecule is CCOC1CC(NC(=NC)NCCc2c(C)noc2C)C12CCCCC2. The highest BCUT2D eigenvalue weighted by Crippen LogP contribution is 2.53. The van der Waals surface area contributed by atoms with E-state index in [0.717, 1.165) is 43.4 Å². The third kappa shape index (κ3) is 3.75. The minimum atomic E-state index is 0.299. The third-order valence-electron chi connectivity index (χ3n) is 6.32. The first-order chi connectivity index (χ1) is 12.6. The van der Waals surface area contributed by atoms with Crippen LogP contribution in [0.25, 0.3) is 0 Å². The molecule has 0 radical (unpaired) electrons. The second-order valence-electron chi connectivity index (χ2n) is 7.72. The summed E-state index contributed by atoms with van der Waals surface area (Å²) < 4.78 is 11.3. The molecule has 0 amide bonds. The largest absolute Gasteiger partial charge is 0.378 e. The van der Waals surface area contributed by atoms with Gasteiger partial charge in [-0.2, -0.15) is 0 Å². The summed E-state index contributed by atoms with van der Waals surface area (Å²) in [5.41, 5.74) is 2.47. The van der Waals surface area contributed by atoms with Gasteiger partial charge in [0.25, 0.3) is 0 Å². The summed E-state index contributed by atoms with van der Waals surface area (Å²) in [4.78, 5) is 4.44. The van der Waals surface area contributed by atoms with Crippen LogP contribution in [0.4, 0.5) is 0 Å². The van der Waals surface area contributed by atoms with Gasteiger partial charge in [-0.25, -0.2) is 0 Å². The van der Waals surface area contributed by atoms with E-state index in [-0.39, 0.29) is 0 Å². The topological polar surface area (TPSA) is 71.7 Å². The van der Waals surface area contributed by atoms with Crippen LogP contribution in [0.5, 0.6) is 0 Å². The number of ether oxygens (including phenoxy) is 1. The lowest BCUT2D eigenvalue weighted by Gasteiger charge is -2.57. The van der Waals surface area contributed by atoms with Crippen LogP contribution in [0.3, 0.4) is 0 Å². The average molecular weight is 363 g/mol. The lowest BCUT2D eigenvalue weighted by atomic mass is 9.55. The van der Waals surface area contributed by atoms with Gasteiger partial charge in [-0.1, -0.05) is 24.4 Å². The number of nitrogens with one attached hydrogen (secondary N) is 2. The molecule has 1 heterocycles. The van der Waals surface area contributed by atoms with Crippen LogP contribution < -0.4 is 10.6 Å². The van der Waals surface area contributed by atoms with Crippen molar-refractivity contribution in [1.29, 1.82) is 0 Å². The number of aromatic nitrogens is 1. The van der Waals surface area contributed by atoms with Gasteiger partial charge < -0.3 is 19.9 Å². The lowest BCUT2D eigenvalue weighted by molar-refractivity contribution is -0.145. The zero-order valence-corrected chi connectivity index (χ0v) is 16.7. The summed E-state index contributed by atoms with van der Waals surface area (Å²) in [6.07, 6.45) is 8.91. The minimum absolute atomic E-state index is 0.299. The van der Waals surface area contributed by atoms with Crippen molar-refractivity contribution in [1.82, 2.24) is 15.8 Å². The molecule has 1 aromatic heterocycles. The second-order valence-corrected chi connectivity index (χ2v) is 7.72. The van der Waals surface area contributed by atoms with E-state index in [1.54, 1.807) is 0 Å². The van der Waals surface area contributed by atoms with Crippen molar-refractivity contribution in [3.05, 3.63) is 17.0 Å². The molecule has 6 heteroatoms. The summed E-state index contributed by atoms with van der Waals surface area (Å²) in [7, 11) is 1.84. The highest BCUT2D eigenvalue weighted by atomic mass is 16.5. The summed E-state index contributed by atoms with van der Waals surface area (Å²) in [6, 6.07) is 0.463. The van der Waals surface area contributed by atoms with E-state index in [2.05, 4.69) is 27.7 Å². The molecule has 0 aromatic carbocycles. The molecule has 1 aromatic rings. The van der Waals surface area contributed by atoms with Gasteiger partial charge >= 0.3 is 0 Å². The molecule has 0 aliphatic heterocycles. The fourth-order valence-corrected chi connectivity index (χ4v) is 4.79. The molecule has 0 saturated heterocycles. The van der Waals surface area contributed by atoms with Crippen LogP contribution >= 0.6 is 0 Å². The Kier molecular flexibility index (Phi) is 6.22. The zero-order valence-electron chi connectivity index (χ0n) is 16.7. The fraction of sp³-hybridized carbons (Fsp3) is 0.800. The van der Waals surface area contributed by atoms with Crippen molar-refractivity contribution in [3.8, 4) is 0 Å². The second kappa shape index (κ2) is 8.42. The van der Waals surface area contributed by atoms with Crippen molar-refractivity contribution < 1.29 is 9.26 Å². The first-order valence-electron chi connectivity index (χ1n) is 10.1. The molecule has 0 bridgehead atoms. The number of guanidine groups is 1. The normalized spacial score (nSPS) is 25.2. The molecule has 3 rings (SSSR count). The summed E-state index contributed by atoms with van der Waals surface area (Å²) in [5.74, 6) is 1.80. The van der Waals surface area contributed by atoms with Gasteiger partial charge in [-0.3, -0.25) is 4.99 Å². The molecule has 2 N–H and O–H groups in total. The molecule has 26 heavy (non-hydrogen) atoms. The van der Waals surface area contributed by atoms with Crippen molar-refractivity contribution >= 4 is 5.96 Å². The smallest absolute Gasteiger partial charge is 0.191 e. The maximum atomic E-state index is 6.06. The van der Waals surface area contributed by atoms with Crippen molar-refractivity contribution in [3.63, 3.8) is 0 Å². The Labute approximate surface area is 157 Å². The molecular formula is C20H34N4O2. The highest BCUT2D eigenvalue weighted by Gasteiger charge is 2.55. The zero-order chi connectivity index (χ0) is 18.6. The van der Waals surface area contributed by atoms with Gasteiger partial charge in [0.1, 0.15) is 5.76 Å². The third-order valence-corrected chi connectivity index (χ3v) is 6.32. The van der Waals surface area contributed by atoms with E-state index in [0.29, 0.717) is 17.6 Å². The number of nitrogens with zero attached hydrogens (tertiary/aromatic N) is 2. The molecule has 2 unspecified atom stereocenters. The van der Waals surface area contributed by atoms with Crippen molar-refractivity contribution in [2.75, 3.05) is 20.2 Å². The highest BCUT2D eigenvalue weighted by molar-refractivity contribution is 5.80. The van der Waals surface area contributed by atoms with E-state index in [1.165, 1.54) is 37.7 Å². The molecule has 2 aliphatic rings. The molecule has 2 saturated carbocycles. The summed E-state index contributed by atoms with van der Waals surface area (Å²) in [5, 5.41) is 11.2. The maximum Gasteiger partial charge on any atom is 0.191 e. The fourth-order valence-electron chi connectivity index (χ4n) is 4.79. The predicted molar refractivity (Wildman–Crippen MR) is 104 cm³/mol. The Balaban J connectivity index is 1.54. The maximum absolute atomic E-state index is 6.06. The molecular weight excluding hydrogens is 328 g/mol. The van der Waals surface area contributed by atoms with Gasteiger partial charge in [-0.05, 0) is 46.5 Å². The Morgan fingerprint density at radius 3 is 2.69 bits per heavy atom. The van der Waals surface area contributed by atoms with Gasteiger partial charge in [0.15, 0.2) is 5.96 Å².